The molecule has 1 N–H and O–H groups in total. The van der Waals surface area contributed by atoms with E-state index >= 15 is 0 Å². The summed E-state index contributed by atoms with van der Waals surface area (Å²) < 4.78 is 23.6. The molecule has 3 nitrogen and oxygen atoms in total. The molecule has 0 aliphatic heterocycles. The van der Waals surface area contributed by atoms with Crippen LogP contribution in [0.3, 0.4) is 0 Å². The van der Waals surface area contributed by atoms with Crippen molar-refractivity contribution in [2.75, 3.05) is 0 Å². The first-order valence-electron chi connectivity index (χ1n) is 5.06. The van der Waals surface area contributed by atoms with Crippen molar-refractivity contribution in [2.24, 2.45) is 0 Å². The first-order chi connectivity index (χ1) is 7.09. The van der Waals surface area contributed by atoms with E-state index in [9.17, 15) is 13.5 Å². The molecule has 0 spiro atoms. The Kier molecular flexibility index (Phi) is 4.29. The molecule has 1 unspecified atom stereocenters. The second kappa shape index (κ2) is 5.28. The summed E-state index contributed by atoms with van der Waals surface area (Å²) in [5.41, 5.74) is -1.28. The Balaban J connectivity index is 2.84. The summed E-state index contributed by atoms with van der Waals surface area (Å²) >= 11 is 0. The van der Waals surface area contributed by atoms with Gasteiger partial charge in [0.05, 0.1) is 4.90 Å². The van der Waals surface area contributed by atoms with Crippen molar-refractivity contribution in [3.63, 3.8) is 0 Å². The molecule has 1 aromatic rings. The molecule has 4 heteroatoms. The van der Waals surface area contributed by atoms with E-state index in [0.29, 0.717) is 12.8 Å². The number of sulfone groups is 1. The molecule has 15 heavy (non-hydrogen) atoms. The van der Waals surface area contributed by atoms with Gasteiger partial charge in [-0.25, -0.2) is 8.42 Å². The highest BCUT2D eigenvalue weighted by atomic mass is 32.2. The summed E-state index contributed by atoms with van der Waals surface area (Å²) in [5, 5.41) is 9.57. The third-order valence-electron chi connectivity index (χ3n) is 2.23. The van der Waals surface area contributed by atoms with Crippen LogP contribution in [0, 0.1) is 0 Å². The molecule has 0 aliphatic rings. The van der Waals surface area contributed by atoms with Gasteiger partial charge >= 0.3 is 0 Å². The number of rotatable bonds is 5. The van der Waals surface area contributed by atoms with Crippen LogP contribution in [0.15, 0.2) is 35.2 Å². The lowest BCUT2D eigenvalue weighted by molar-refractivity contribution is 0.234. The maximum absolute atomic E-state index is 11.8. The molecule has 0 saturated heterocycles. The zero-order valence-corrected chi connectivity index (χ0v) is 9.57. The highest BCUT2D eigenvalue weighted by Gasteiger charge is 2.23. The van der Waals surface area contributed by atoms with Crippen LogP contribution in [0.1, 0.15) is 26.2 Å². The lowest BCUT2D eigenvalue weighted by Crippen LogP contribution is -2.20. The minimum atomic E-state index is -3.56. The summed E-state index contributed by atoms with van der Waals surface area (Å²) in [7, 11) is -3.56. The maximum Gasteiger partial charge on any atom is 0.204 e. The summed E-state index contributed by atoms with van der Waals surface area (Å²) in [4.78, 5) is 0.189. The minimum absolute atomic E-state index is 0.189. The molecule has 1 aromatic carbocycles. The fourth-order valence-corrected chi connectivity index (χ4v) is 2.63. The van der Waals surface area contributed by atoms with Gasteiger partial charge in [-0.3, -0.25) is 0 Å². The Hall–Kier alpha value is -0.870. The summed E-state index contributed by atoms with van der Waals surface area (Å²) in [6.07, 6.45) is 1.89. The van der Waals surface area contributed by atoms with Gasteiger partial charge in [0, 0.05) is 0 Å². The van der Waals surface area contributed by atoms with Gasteiger partial charge in [0.15, 0.2) is 5.44 Å². The number of hydrogen-bond donors (Lipinski definition) is 1. The van der Waals surface area contributed by atoms with Crippen LogP contribution in [0.4, 0.5) is 0 Å². The monoisotopic (exact) mass is 228 g/mol. The summed E-state index contributed by atoms with van der Waals surface area (Å²) in [6, 6.07) is 8.06. The molecule has 0 amide bonds. The molecule has 0 radical (unpaired) electrons. The van der Waals surface area contributed by atoms with Gasteiger partial charge in [-0.1, -0.05) is 38.0 Å². The topological polar surface area (TPSA) is 54.4 Å². The van der Waals surface area contributed by atoms with Gasteiger partial charge < -0.3 is 5.11 Å². The van der Waals surface area contributed by atoms with E-state index in [1.165, 1.54) is 12.1 Å². The van der Waals surface area contributed by atoms with Crippen LogP contribution < -0.4 is 0 Å². The average molecular weight is 228 g/mol. The fraction of sp³-hybridized carbons (Fsp3) is 0.455. The lowest BCUT2D eigenvalue weighted by Gasteiger charge is -2.11. The highest BCUT2D eigenvalue weighted by molar-refractivity contribution is 7.91. The number of unbranched alkanes of at least 4 members (excludes halogenated alkanes) is 1. The van der Waals surface area contributed by atoms with Crippen LogP contribution in [0.5, 0.6) is 0 Å². The predicted octanol–water partition coefficient (Wildman–Crippen LogP) is 1.97. The van der Waals surface area contributed by atoms with Gasteiger partial charge in [-0.05, 0) is 18.6 Å². The van der Waals surface area contributed by atoms with E-state index in [-0.39, 0.29) is 4.90 Å². The zero-order valence-electron chi connectivity index (χ0n) is 8.76. The fourth-order valence-electron chi connectivity index (χ4n) is 1.30. The quantitative estimate of drug-likeness (QED) is 0.838. The molecule has 1 atom stereocenters. The van der Waals surface area contributed by atoms with E-state index in [2.05, 4.69) is 0 Å². The van der Waals surface area contributed by atoms with Crippen LogP contribution in [0.2, 0.25) is 0 Å². The molecular weight excluding hydrogens is 212 g/mol. The third kappa shape index (κ3) is 3.04. The molecule has 0 bridgehead atoms. The van der Waals surface area contributed by atoms with Crippen LogP contribution in [-0.4, -0.2) is 19.0 Å². The van der Waals surface area contributed by atoms with E-state index in [4.69, 9.17) is 0 Å². The minimum Gasteiger partial charge on any atom is -0.377 e. The van der Waals surface area contributed by atoms with Crippen molar-refractivity contribution in [1.29, 1.82) is 0 Å². The normalized spacial score (nSPS) is 13.7. The molecule has 0 saturated carbocycles. The van der Waals surface area contributed by atoms with Crippen molar-refractivity contribution >= 4 is 9.84 Å². The van der Waals surface area contributed by atoms with Crippen LogP contribution in [0.25, 0.3) is 0 Å². The Morgan fingerprint density at radius 2 is 1.87 bits per heavy atom. The largest absolute Gasteiger partial charge is 0.377 e. The van der Waals surface area contributed by atoms with Gasteiger partial charge in [-0.2, -0.15) is 0 Å². The van der Waals surface area contributed by atoms with Crippen molar-refractivity contribution in [3.8, 4) is 0 Å². The molecule has 0 aromatic heterocycles. The van der Waals surface area contributed by atoms with Gasteiger partial charge in [0.1, 0.15) is 0 Å². The second-order valence-corrected chi connectivity index (χ2v) is 5.56. The molecule has 0 fully saturated rings. The standard InChI is InChI=1S/C11H16O3S/c1-2-3-9-11(12)15(13,14)10-7-5-4-6-8-10/h4-8,11-12H,2-3,9H2,1H3. The zero-order chi connectivity index (χ0) is 11.3. The number of aliphatic hydroxyl groups is 1. The van der Waals surface area contributed by atoms with Crippen molar-refractivity contribution in [1.82, 2.24) is 0 Å². The van der Waals surface area contributed by atoms with Gasteiger partial charge in [0.25, 0.3) is 0 Å². The van der Waals surface area contributed by atoms with E-state index in [1.807, 2.05) is 6.92 Å². The molecule has 0 heterocycles. The van der Waals surface area contributed by atoms with E-state index < -0.39 is 15.3 Å². The van der Waals surface area contributed by atoms with Crippen LogP contribution >= 0.6 is 0 Å². The SMILES string of the molecule is CCCCC(O)S(=O)(=O)c1ccccc1. The van der Waals surface area contributed by atoms with Gasteiger partial charge in [-0.15, -0.1) is 0 Å². The summed E-state index contributed by atoms with van der Waals surface area (Å²) in [6.45, 7) is 1.96. The van der Waals surface area contributed by atoms with Crippen molar-refractivity contribution in [3.05, 3.63) is 30.3 Å². The smallest absolute Gasteiger partial charge is 0.204 e. The Morgan fingerprint density at radius 1 is 1.27 bits per heavy atom. The molecular formula is C11H16O3S. The number of aliphatic hydroxyl groups excluding tert-OH is 1. The van der Waals surface area contributed by atoms with Crippen molar-refractivity contribution < 1.29 is 13.5 Å². The predicted molar refractivity (Wildman–Crippen MR) is 59.2 cm³/mol. The first-order valence-corrected chi connectivity index (χ1v) is 6.60. The highest BCUT2D eigenvalue weighted by Crippen LogP contribution is 2.17. The third-order valence-corrected chi connectivity index (χ3v) is 4.12. The van der Waals surface area contributed by atoms with E-state index in [0.717, 1.165) is 6.42 Å². The average Bonchev–Trinajstić information content (AvgIpc) is 2.27. The maximum atomic E-state index is 11.8. The molecule has 0 aliphatic carbocycles. The Bertz CT molecular complexity index is 384. The number of hydrogen-bond acceptors (Lipinski definition) is 3. The van der Waals surface area contributed by atoms with Crippen LogP contribution in [-0.2, 0) is 9.84 Å². The summed E-state index contributed by atoms with van der Waals surface area (Å²) in [5.74, 6) is 0. The Morgan fingerprint density at radius 3 is 2.40 bits per heavy atom. The van der Waals surface area contributed by atoms with Crippen molar-refractivity contribution in [2.45, 2.75) is 36.5 Å². The Labute approximate surface area is 90.7 Å². The van der Waals surface area contributed by atoms with Gasteiger partial charge in [0.2, 0.25) is 9.84 Å². The second-order valence-electron chi connectivity index (χ2n) is 3.45. The lowest BCUT2D eigenvalue weighted by atomic mass is 10.3. The first kappa shape index (κ1) is 12.2. The molecule has 1 rings (SSSR count). The number of benzene rings is 1. The molecule has 84 valence electrons. The van der Waals surface area contributed by atoms with E-state index in [1.54, 1.807) is 18.2 Å².